The van der Waals surface area contributed by atoms with Crippen LogP contribution in [0.1, 0.15) is 22.8 Å². The van der Waals surface area contributed by atoms with Gasteiger partial charge in [0, 0.05) is 5.56 Å². The highest BCUT2D eigenvalue weighted by molar-refractivity contribution is 6.01. The Labute approximate surface area is 140 Å². The molecule has 0 aliphatic carbocycles. The van der Waals surface area contributed by atoms with E-state index in [-0.39, 0.29) is 5.91 Å². The summed E-state index contributed by atoms with van der Waals surface area (Å²) < 4.78 is 16.0. The van der Waals surface area contributed by atoms with Crippen LogP contribution in [0, 0.1) is 0 Å². The monoisotopic (exact) mass is 326 g/mol. The summed E-state index contributed by atoms with van der Waals surface area (Å²) in [6.45, 7) is 2.82. The predicted molar refractivity (Wildman–Crippen MR) is 90.1 cm³/mol. The maximum Gasteiger partial charge on any atom is 0.271 e. The summed E-state index contributed by atoms with van der Waals surface area (Å²) in [5.74, 6) is 1.69. The highest BCUT2D eigenvalue weighted by atomic mass is 16.6. The largest absolute Gasteiger partial charge is 0.497 e. The van der Waals surface area contributed by atoms with Crippen LogP contribution in [0.4, 0.5) is 0 Å². The maximum absolute atomic E-state index is 12.2. The van der Waals surface area contributed by atoms with Crippen LogP contribution in [0.25, 0.3) is 0 Å². The number of amides is 1. The van der Waals surface area contributed by atoms with E-state index in [4.69, 9.17) is 14.2 Å². The van der Waals surface area contributed by atoms with Crippen LogP contribution in [-0.4, -0.2) is 31.9 Å². The normalized spacial score (nSPS) is 13.3. The van der Waals surface area contributed by atoms with E-state index in [0.717, 1.165) is 11.3 Å². The lowest BCUT2D eigenvalue weighted by Gasteiger charge is -2.18. The SMILES string of the molecule is COc1ccc(/C(C)=N/NC(=O)c2ccc3c(c2)OCCO3)cc1. The van der Waals surface area contributed by atoms with Crippen LogP contribution in [0.2, 0.25) is 0 Å². The van der Waals surface area contributed by atoms with Crippen molar-refractivity contribution in [2.75, 3.05) is 20.3 Å². The Morgan fingerprint density at radius 3 is 2.42 bits per heavy atom. The molecule has 1 aliphatic heterocycles. The van der Waals surface area contributed by atoms with Gasteiger partial charge in [0.1, 0.15) is 19.0 Å². The molecule has 0 bridgehead atoms. The van der Waals surface area contributed by atoms with Crippen LogP contribution >= 0.6 is 0 Å². The highest BCUT2D eigenvalue weighted by Crippen LogP contribution is 2.30. The summed E-state index contributed by atoms with van der Waals surface area (Å²) in [5.41, 5.74) is 4.62. The average molecular weight is 326 g/mol. The fraction of sp³-hybridized carbons (Fsp3) is 0.222. The molecule has 0 saturated carbocycles. The molecule has 0 aromatic heterocycles. The second-order valence-electron chi connectivity index (χ2n) is 5.23. The minimum atomic E-state index is -0.306. The van der Waals surface area contributed by atoms with Crippen molar-refractivity contribution in [1.29, 1.82) is 0 Å². The van der Waals surface area contributed by atoms with Crippen LogP contribution in [0.5, 0.6) is 17.2 Å². The van der Waals surface area contributed by atoms with Gasteiger partial charge in [-0.05, 0) is 55.0 Å². The average Bonchev–Trinajstić information content (AvgIpc) is 2.65. The van der Waals surface area contributed by atoms with Gasteiger partial charge in [-0.15, -0.1) is 0 Å². The van der Waals surface area contributed by atoms with E-state index in [0.29, 0.717) is 36.0 Å². The molecule has 6 nitrogen and oxygen atoms in total. The van der Waals surface area contributed by atoms with E-state index < -0.39 is 0 Å². The quantitative estimate of drug-likeness (QED) is 0.693. The van der Waals surface area contributed by atoms with Crippen LogP contribution in [0.15, 0.2) is 47.6 Å². The van der Waals surface area contributed by atoms with E-state index in [9.17, 15) is 4.79 Å². The molecule has 3 rings (SSSR count). The van der Waals surface area contributed by atoms with Gasteiger partial charge in [-0.2, -0.15) is 5.10 Å². The van der Waals surface area contributed by atoms with Crippen molar-refractivity contribution in [3.05, 3.63) is 53.6 Å². The van der Waals surface area contributed by atoms with Gasteiger partial charge < -0.3 is 14.2 Å². The van der Waals surface area contributed by atoms with Crippen LogP contribution in [0.3, 0.4) is 0 Å². The number of nitrogens with one attached hydrogen (secondary N) is 1. The molecule has 2 aromatic carbocycles. The third kappa shape index (κ3) is 3.48. The molecule has 1 amide bonds. The lowest BCUT2D eigenvalue weighted by Crippen LogP contribution is -2.20. The van der Waals surface area contributed by atoms with Crippen molar-refractivity contribution in [3.8, 4) is 17.2 Å². The first-order valence-electron chi connectivity index (χ1n) is 7.56. The number of rotatable bonds is 4. The molecule has 0 radical (unpaired) electrons. The topological polar surface area (TPSA) is 69.2 Å². The van der Waals surface area contributed by atoms with Gasteiger partial charge in [-0.3, -0.25) is 4.79 Å². The third-order valence-electron chi connectivity index (χ3n) is 3.64. The van der Waals surface area contributed by atoms with Gasteiger partial charge >= 0.3 is 0 Å². The van der Waals surface area contributed by atoms with Gasteiger partial charge in [0.25, 0.3) is 5.91 Å². The van der Waals surface area contributed by atoms with Crippen molar-refractivity contribution in [3.63, 3.8) is 0 Å². The number of ether oxygens (including phenoxy) is 3. The number of methoxy groups -OCH3 is 1. The Morgan fingerprint density at radius 2 is 1.71 bits per heavy atom. The highest BCUT2D eigenvalue weighted by Gasteiger charge is 2.14. The van der Waals surface area contributed by atoms with E-state index in [2.05, 4.69) is 10.5 Å². The molecule has 0 fully saturated rings. The molecule has 0 unspecified atom stereocenters. The van der Waals surface area contributed by atoms with E-state index >= 15 is 0 Å². The first-order valence-corrected chi connectivity index (χ1v) is 7.56. The third-order valence-corrected chi connectivity index (χ3v) is 3.64. The molecule has 1 aliphatic rings. The Morgan fingerprint density at radius 1 is 1.04 bits per heavy atom. The summed E-state index contributed by atoms with van der Waals surface area (Å²) in [5, 5.41) is 4.14. The lowest BCUT2D eigenvalue weighted by molar-refractivity contribution is 0.0953. The Bertz CT molecular complexity index is 769. The number of carbonyl (C=O) groups is 1. The second kappa shape index (κ2) is 7.04. The molecule has 0 saturated heterocycles. The first-order chi connectivity index (χ1) is 11.7. The molecule has 0 spiro atoms. The fourth-order valence-electron chi connectivity index (χ4n) is 2.28. The number of carbonyl (C=O) groups excluding carboxylic acids is 1. The Kier molecular flexibility index (Phi) is 4.65. The molecule has 24 heavy (non-hydrogen) atoms. The Hall–Kier alpha value is -3.02. The van der Waals surface area contributed by atoms with Gasteiger partial charge in [-0.1, -0.05) is 0 Å². The summed E-state index contributed by atoms with van der Waals surface area (Å²) in [4.78, 5) is 12.2. The number of hydrazone groups is 1. The van der Waals surface area contributed by atoms with Crippen molar-refractivity contribution in [2.24, 2.45) is 5.10 Å². The van der Waals surface area contributed by atoms with E-state index in [1.165, 1.54) is 0 Å². The molecule has 6 heteroatoms. The molecule has 124 valence electrons. The maximum atomic E-state index is 12.2. The fourth-order valence-corrected chi connectivity index (χ4v) is 2.28. The van der Waals surface area contributed by atoms with Crippen LogP contribution < -0.4 is 19.6 Å². The molecule has 1 heterocycles. The summed E-state index contributed by atoms with van der Waals surface area (Å²) in [6.07, 6.45) is 0. The zero-order chi connectivity index (χ0) is 16.9. The lowest BCUT2D eigenvalue weighted by atomic mass is 10.1. The van der Waals surface area contributed by atoms with Gasteiger partial charge in [0.05, 0.1) is 12.8 Å². The zero-order valence-corrected chi connectivity index (χ0v) is 13.5. The van der Waals surface area contributed by atoms with Crippen molar-refractivity contribution >= 4 is 11.6 Å². The number of benzene rings is 2. The summed E-state index contributed by atoms with van der Waals surface area (Å²) in [6, 6.07) is 12.5. The second-order valence-corrected chi connectivity index (χ2v) is 5.23. The zero-order valence-electron chi connectivity index (χ0n) is 13.5. The van der Waals surface area contributed by atoms with Crippen LogP contribution in [-0.2, 0) is 0 Å². The number of hydrogen-bond donors (Lipinski definition) is 1. The van der Waals surface area contributed by atoms with Crippen molar-refractivity contribution in [1.82, 2.24) is 5.43 Å². The number of fused-ring (bicyclic) bond motifs is 1. The molecule has 1 N–H and O–H groups in total. The van der Waals surface area contributed by atoms with E-state index in [1.54, 1.807) is 25.3 Å². The first kappa shape index (κ1) is 15.9. The minimum absolute atomic E-state index is 0.306. The molecule has 2 aromatic rings. The molecular weight excluding hydrogens is 308 g/mol. The van der Waals surface area contributed by atoms with Crippen molar-refractivity contribution in [2.45, 2.75) is 6.92 Å². The Balaban J connectivity index is 1.69. The van der Waals surface area contributed by atoms with Gasteiger partial charge in [0.2, 0.25) is 0 Å². The number of nitrogens with zero attached hydrogens (tertiary/aromatic N) is 1. The van der Waals surface area contributed by atoms with Gasteiger partial charge in [-0.25, -0.2) is 5.43 Å². The standard InChI is InChI=1S/C18H18N2O4/c1-12(13-3-6-15(22-2)7-4-13)19-20-18(21)14-5-8-16-17(11-14)24-10-9-23-16/h3-8,11H,9-10H2,1-2H3,(H,20,21)/b19-12+. The molecular formula is C18H18N2O4. The summed E-state index contributed by atoms with van der Waals surface area (Å²) >= 11 is 0. The van der Waals surface area contributed by atoms with Crippen molar-refractivity contribution < 1.29 is 19.0 Å². The van der Waals surface area contributed by atoms with E-state index in [1.807, 2.05) is 31.2 Å². The smallest absolute Gasteiger partial charge is 0.271 e. The molecule has 0 atom stereocenters. The van der Waals surface area contributed by atoms with Gasteiger partial charge in [0.15, 0.2) is 11.5 Å². The minimum Gasteiger partial charge on any atom is -0.497 e. The predicted octanol–water partition coefficient (Wildman–Crippen LogP) is 2.62. The number of hydrogen-bond acceptors (Lipinski definition) is 5. The summed E-state index contributed by atoms with van der Waals surface area (Å²) in [7, 11) is 1.61.